The number of aliphatic hydroxyl groups excluding tert-OH is 1. The second-order valence-electron chi connectivity index (χ2n) is 2.27. The Morgan fingerprint density at radius 2 is 1.92 bits per heavy atom. The number of hydrogen-bond acceptors (Lipinski definition) is 4. The van der Waals surface area contributed by atoms with Crippen LogP contribution in [0.1, 0.15) is 13.8 Å². The van der Waals surface area contributed by atoms with Gasteiger partial charge in [-0.15, -0.1) is 0 Å². The fourth-order valence-electron chi connectivity index (χ4n) is 0.559. The summed E-state index contributed by atoms with van der Waals surface area (Å²) in [6.07, 6.45) is 0.976. The van der Waals surface area contributed by atoms with Crippen LogP contribution in [0, 0.1) is 0 Å². The van der Waals surface area contributed by atoms with E-state index in [9.17, 15) is 9.59 Å². The molecule has 5 heteroatoms. The van der Waals surface area contributed by atoms with Crippen LogP contribution >= 0.6 is 0 Å². The second kappa shape index (κ2) is 5.08. The van der Waals surface area contributed by atoms with E-state index in [1.807, 2.05) is 0 Å². The third-order valence-corrected chi connectivity index (χ3v) is 1.17. The Hall–Kier alpha value is -1.65. The van der Waals surface area contributed by atoms with Crippen LogP contribution < -0.4 is 0 Å². The minimum Gasteiger partial charge on any atom is -0.512 e. The van der Waals surface area contributed by atoms with Crippen molar-refractivity contribution in [3.8, 4) is 0 Å². The fraction of sp³-hybridized carbons (Fsp3) is 0.375. The first-order chi connectivity index (χ1) is 5.99. The van der Waals surface area contributed by atoms with Gasteiger partial charge in [-0.2, -0.15) is 0 Å². The maximum Gasteiger partial charge on any atom is 0.342 e. The molecule has 0 saturated carbocycles. The van der Waals surface area contributed by atoms with Crippen LogP contribution in [0.15, 0.2) is 16.3 Å². The molecule has 0 bridgehead atoms. The zero-order valence-electron chi connectivity index (χ0n) is 7.70. The summed E-state index contributed by atoms with van der Waals surface area (Å²) in [5.74, 6) is -1.43. The molecule has 0 aliphatic heterocycles. The highest BCUT2D eigenvalue weighted by atomic mass is 16.5. The van der Waals surface area contributed by atoms with Gasteiger partial charge in [0.05, 0.1) is 7.11 Å². The van der Waals surface area contributed by atoms with E-state index >= 15 is 0 Å². The molecule has 0 aliphatic rings. The number of ether oxygens (including phenoxy) is 1. The standard InChI is InChI=1S/C8H11NO4/c1-5(10)7(8(12)13-3)4-9-6(2)11/h4,10H,1-3H3/b7-5+,9-4?. The Balaban J connectivity index is 4.77. The molecule has 0 rings (SSSR count). The van der Waals surface area contributed by atoms with Gasteiger partial charge in [0.25, 0.3) is 0 Å². The number of aliphatic imine (C=N–C) groups is 1. The number of aliphatic hydroxyl groups is 1. The van der Waals surface area contributed by atoms with Crippen LogP contribution in [0.2, 0.25) is 0 Å². The van der Waals surface area contributed by atoms with Crippen LogP contribution in [-0.2, 0) is 14.3 Å². The maximum absolute atomic E-state index is 10.9. The zero-order chi connectivity index (χ0) is 10.4. The molecule has 5 nitrogen and oxygen atoms in total. The molecule has 0 radical (unpaired) electrons. The van der Waals surface area contributed by atoms with Gasteiger partial charge in [-0.1, -0.05) is 0 Å². The average Bonchev–Trinajstić information content (AvgIpc) is 2.03. The van der Waals surface area contributed by atoms with E-state index in [1.165, 1.54) is 21.0 Å². The van der Waals surface area contributed by atoms with Crippen molar-refractivity contribution in [1.82, 2.24) is 0 Å². The summed E-state index contributed by atoms with van der Waals surface area (Å²) < 4.78 is 4.35. The molecule has 0 fully saturated rings. The lowest BCUT2D eigenvalue weighted by Gasteiger charge is -1.99. The SMILES string of the molecule is COC(=O)/C(C=NC(C)=O)=C(\C)O. The van der Waals surface area contributed by atoms with Crippen LogP contribution in [-0.4, -0.2) is 30.3 Å². The van der Waals surface area contributed by atoms with Gasteiger partial charge in [-0.05, 0) is 6.92 Å². The summed E-state index contributed by atoms with van der Waals surface area (Å²) in [7, 11) is 1.17. The number of hydrogen-bond donors (Lipinski definition) is 1. The molecule has 1 N–H and O–H groups in total. The van der Waals surface area contributed by atoms with E-state index in [1.54, 1.807) is 0 Å². The van der Waals surface area contributed by atoms with Crippen molar-refractivity contribution in [2.75, 3.05) is 7.11 Å². The van der Waals surface area contributed by atoms with Gasteiger partial charge in [-0.3, -0.25) is 4.79 Å². The fourth-order valence-corrected chi connectivity index (χ4v) is 0.559. The highest BCUT2D eigenvalue weighted by Gasteiger charge is 2.10. The molecule has 0 unspecified atom stereocenters. The minimum atomic E-state index is -0.731. The molecule has 0 aliphatic carbocycles. The Kier molecular flexibility index (Phi) is 4.43. The van der Waals surface area contributed by atoms with Crippen molar-refractivity contribution in [3.63, 3.8) is 0 Å². The zero-order valence-corrected chi connectivity index (χ0v) is 7.70. The lowest BCUT2D eigenvalue weighted by atomic mass is 10.2. The Morgan fingerprint density at radius 3 is 2.23 bits per heavy atom. The molecule has 0 spiro atoms. The van der Waals surface area contributed by atoms with E-state index in [0.29, 0.717) is 0 Å². The molecular formula is C8H11NO4. The van der Waals surface area contributed by atoms with Crippen LogP contribution in [0.4, 0.5) is 0 Å². The molecule has 0 aromatic heterocycles. The van der Waals surface area contributed by atoms with Gasteiger partial charge in [0.2, 0.25) is 5.91 Å². The van der Waals surface area contributed by atoms with E-state index in [-0.39, 0.29) is 11.3 Å². The number of amides is 1. The predicted octanol–water partition coefficient (Wildman–Crippen LogP) is 0.609. The van der Waals surface area contributed by atoms with Crippen molar-refractivity contribution in [1.29, 1.82) is 0 Å². The first-order valence-corrected chi connectivity index (χ1v) is 3.51. The normalized spacial score (nSPS) is 12.5. The van der Waals surface area contributed by atoms with E-state index in [2.05, 4.69) is 9.73 Å². The summed E-state index contributed by atoms with van der Waals surface area (Å²) in [6.45, 7) is 2.54. The summed E-state index contributed by atoms with van der Waals surface area (Å²) in [4.78, 5) is 24.7. The summed E-state index contributed by atoms with van der Waals surface area (Å²) in [5.41, 5.74) is -0.127. The highest BCUT2D eigenvalue weighted by Crippen LogP contribution is 2.00. The van der Waals surface area contributed by atoms with Gasteiger partial charge in [-0.25, -0.2) is 9.79 Å². The Labute approximate surface area is 75.7 Å². The molecule has 13 heavy (non-hydrogen) atoms. The third kappa shape index (κ3) is 4.05. The molecule has 0 aromatic rings. The quantitative estimate of drug-likeness (QED) is 0.296. The Morgan fingerprint density at radius 1 is 1.38 bits per heavy atom. The van der Waals surface area contributed by atoms with Gasteiger partial charge < -0.3 is 9.84 Å². The molecule has 0 aromatic carbocycles. The predicted molar refractivity (Wildman–Crippen MR) is 46.5 cm³/mol. The monoisotopic (exact) mass is 185 g/mol. The van der Waals surface area contributed by atoms with Crippen molar-refractivity contribution < 1.29 is 19.4 Å². The van der Waals surface area contributed by atoms with Crippen LogP contribution in [0.25, 0.3) is 0 Å². The molecule has 0 atom stereocenters. The van der Waals surface area contributed by atoms with Crippen molar-refractivity contribution in [2.24, 2.45) is 4.99 Å². The lowest BCUT2D eigenvalue weighted by Crippen LogP contribution is -2.08. The first-order valence-electron chi connectivity index (χ1n) is 3.51. The smallest absolute Gasteiger partial charge is 0.342 e. The molecule has 72 valence electrons. The average molecular weight is 185 g/mol. The Bertz CT molecular complexity index is 274. The van der Waals surface area contributed by atoms with Crippen LogP contribution in [0.5, 0.6) is 0 Å². The number of carbonyl (C=O) groups is 2. The molecule has 1 amide bonds. The van der Waals surface area contributed by atoms with Crippen LogP contribution in [0.3, 0.4) is 0 Å². The van der Waals surface area contributed by atoms with Crippen molar-refractivity contribution in [3.05, 3.63) is 11.3 Å². The van der Waals surface area contributed by atoms with Crippen molar-refractivity contribution >= 4 is 18.1 Å². The first kappa shape index (κ1) is 11.4. The lowest BCUT2D eigenvalue weighted by molar-refractivity contribution is -0.135. The number of esters is 1. The summed E-state index contributed by atoms with van der Waals surface area (Å²) in [6, 6.07) is 0. The minimum absolute atomic E-state index is 0.127. The largest absolute Gasteiger partial charge is 0.512 e. The van der Waals surface area contributed by atoms with E-state index < -0.39 is 11.9 Å². The molecule has 0 heterocycles. The number of nitrogens with zero attached hydrogens (tertiary/aromatic N) is 1. The second-order valence-corrected chi connectivity index (χ2v) is 2.27. The number of carbonyl (C=O) groups excluding carboxylic acids is 2. The topological polar surface area (TPSA) is 76.0 Å². The van der Waals surface area contributed by atoms with Gasteiger partial charge in [0.1, 0.15) is 11.3 Å². The number of rotatable bonds is 2. The van der Waals surface area contributed by atoms with Gasteiger partial charge >= 0.3 is 5.97 Å². The molecular weight excluding hydrogens is 174 g/mol. The maximum atomic E-state index is 10.9. The van der Waals surface area contributed by atoms with E-state index in [4.69, 9.17) is 5.11 Å². The van der Waals surface area contributed by atoms with Gasteiger partial charge in [0.15, 0.2) is 0 Å². The summed E-state index contributed by atoms with van der Waals surface area (Å²) >= 11 is 0. The highest BCUT2D eigenvalue weighted by molar-refractivity contribution is 6.11. The number of allylic oxidation sites excluding steroid dienone is 1. The number of methoxy groups -OCH3 is 1. The van der Waals surface area contributed by atoms with E-state index in [0.717, 1.165) is 6.21 Å². The van der Waals surface area contributed by atoms with Gasteiger partial charge in [0, 0.05) is 13.1 Å². The van der Waals surface area contributed by atoms with Crippen molar-refractivity contribution in [2.45, 2.75) is 13.8 Å². The summed E-state index contributed by atoms with van der Waals surface area (Å²) in [5, 5.41) is 9.00. The third-order valence-electron chi connectivity index (χ3n) is 1.17. The molecule has 0 saturated heterocycles.